The van der Waals surface area contributed by atoms with Gasteiger partial charge in [0, 0.05) is 22.3 Å². The Labute approximate surface area is 301 Å². The zero-order valence-electron chi connectivity index (χ0n) is 28.1. The molecule has 0 saturated carbocycles. The normalized spacial score (nSPS) is 12.8. The van der Waals surface area contributed by atoms with E-state index in [-0.39, 0.29) is 0 Å². The molecule has 0 amide bonds. The predicted octanol–water partition coefficient (Wildman–Crippen LogP) is 10.6. The quantitative estimate of drug-likeness (QED) is 0.177. The van der Waals surface area contributed by atoms with Gasteiger partial charge in [-0.1, -0.05) is 176 Å². The van der Waals surface area contributed by atoms with Crippen molar-refractivity contribution < 1.29 is 0 Å². The summed E-state index contributed by atoms with van der Waals surface area (Å²) in [7, 11) is 0. The minimum absolute atomic E-state index is 0.612. The smallest absolute Gasteiger partial charge is 0.164 e. The molecule has 2 aromatic heterocycles. The number of imidazole rings is 1. The minimum Gasteiger partial charge on any atom is -0.294 e. The van der Waals surface area contributed by atoms with Crippen molar-refractivity contribution in [2.24, 2.45) is 0 Å². The maximum Gasteiger partial charge on any atom is 0.164 e. The first-order chi connectivity index (χ1) is 25.8. The van der Waals surface area contributed by atoms with E-state index in [1.54, 1.807) is 0 Å². The van der Waals surface area contributed by atoms with Gasteiger partial charge in [-0.25, -0.2) is 19.9 Å². The predicted molar refractivity (Wildman–Crippen MR) is 208 cm³/mol. The van der Waals surface area contributed by atoms with Gasteiger partial charge >= 0.3 is 0 Å². The van der Waals surface area contributed by atoms with Crippen LogP contribution < -0.4 is 0 Å². The topological polar surface area (TPSA) is 56.5 Å². The Morgan fingerprint density at radius 2 is 0.827 bits per heavy atom. The summed E-state index contributed by atoms with van der Waals surface area (Å²) >= 11 is 0. The summed E-state index contributed by atoms with van der Waals surface area (Å²) in [5.74, 6) is 2.92. The molecule has 7 aromatic carbocycles. The van der Waals surface area contributed by atoms with E-state index in [4.69, 9.17) is 19.9 Å². The third-order valence-electron chi connectivity index (χ3n) is 10.1. The molecule has 0 fully saturated rings. The number of benzene rings is 7. The summed E-state index contributed by atoms with van der Waals surface area (Å²) < 4.78 is 2.39. The average molecular weight is 666 g/mol. The maximum atomic E-state index is 5.41. The number of aromatic nitrogens is 5. The van der Waals surface area contributed by atoms with Gasteiger partial charge in [-0.05, 0) is 34.4 Å². The van der Waals surface area contributed by atoms with Crippen LogP contribution in [0.1, 0.15) is 22.5 Å². The highest BCUT2D eigenvalue weighted by atomic mass is 15.1. The lowest BCUT2D eigenvalue weighted by Crippen LogP contribution is -2.29. The Morgan fingerprint density at radius 3 is 1.38 bits per heavy atom. The van der Waals surface area contributed by atoms with Gasteiger partial charge in [0.05, 0.1) is 16.7 Å². The lowest BCUT2D eigenvalue weighted by molar-refractivity contribution is 0.718. The molecule has 52 heavy (non-hydrogen) atoms. The van der Waals surface area contributed by atoms with E-state index < -0.39 is 5.41 Å². The summed E-state index contributed by atoms with van der Waals surface area (Å²) in [6.07, 6.45) is 0. The summed E-state index contributed by atoms with van der Waals surface area (Å²) in [6.45, 7) is 0. The van der Waals surface area contributed by atoms with E-state index >= 15 is 0 Å². The van der Waals surface area contributed by atoms with Crippen molar-refractivity contribution in [1.82, 2.24) is 24.5 Å². The Kier molecular flexibility index (Phi) is 6.96. The zero-order chi connectivity index (χ0) is 34.5. The van der Waals surface area contributed by atoms with E-state index in [1.807, 2.05) is 60.7 Å². The van der Waals surface area contributed by atoms with Gasteiger partial charge < -0.3 is 0 Å². The van der Waals surface area contributed by atoms with Crippen LogP contribution in [-0.2, 0) is 5.41 Å². The second-order valence-corrected chi connectivity index (χ2v) is 13.1. The van der Waals surface area contributed by atoms with Gasteiger partial charge in [-0.3, -0.25) is 4.57 Å². The first kappa shape index (κ1) is 29.9. The molecule has 0 aliphatic carbocycles. The molecule has 1 aliphatic heterocycles. The fraction of sp³-hybridized carbons (Fsp3) is 0.0213. The molecule has 0 spiro atoms. The van der Waals surface area contributed by atoms with Crippen LogP contribution >= 0.6 is 0 Å². The molecule has 244 valence electrons. The SMILES string of the molecule is c1ccc(-c2nc(-c3ccccc3)nc(-c3ccc(-c4cccc5c4-n4c(nc6ccccc64)C5(c4ccccc4)c4ccccc4)cc3)n2)cc1. The highest BCUT2D eigenvalue weighted by molar-refractivity contribution is 5.89. The molecule has 3 heterocycles. The van der Waals surface area contributed by atoms with E-state index in [0.29, 0.717) is 17.5 Å². The molecule has 5 nitrogen and oxygen atoms in total. The molecule has 9 aromatic rings. The number of hydrogen-bond donors (Lipinski definition) is 0. The minimum atomic E-state index is -0.612. The summed E-state index contributed by atoms with van der Waals surface area (Å²) in [6, 6.07) is 65.5. The number of rotatable bonds is 6. The van der Waals surface area contributed by atoms with Gasteiger partial charge in [-0.2, -0.15) is 0 Å². The van der Waals surface area contributed by atoms with E-state index in [1.165, 1.54) is 16.7 Å². The van der Waals surface area contributed by atoms with Crippen LogP contribution in [0.25, 0.3) is 62.0 Å². The largest absolute Gasteiger partial charge is 0.294 e. The van der Waals surface area contributed by atoms with Crippen molar-refractivity contribution in [2.45, 2.75) is 5.41 Å². The van der Waals surface area contributed by atoms with Crippen LogP contribution in [0.2, 0.25) is 0 Å². The van der Waals surface area contributed by atoms with E-state index in [2.05, 4.69) is 132 Å². The maximum absolute atomic E-state index is 5.41. The highest BCUT2D eigenvalue weighted by Crippen LogP contribution is 2.54. The number of para-hydroxylation sites is 3. The average Bonchev–Trinajstić information content (AvgIpc) is 3.75. The number of fused-ring (bicyclic) bond motifs is 5. The van der Waals surface area contributed by atoms with Crippen LogP contribution in [0.15, 0.2) is 188 Å². The molecule has 1 aliphatic rings. The lowest BCUT2D eigenvalue weighted by Gasteiger charge is -2.31. The molecule has 0 atom stereocenters. The standard InChI is InChI=1S/C47H31N5/c1-5-16-33(17-6-1)43-49-44(34-18-7-2-8-19-34)51-45(50-43)35-30-28-32(29-31-35)38-24-15-25-39-42(38)52-41-27-14-13-26-40(41)48-46(52)47(39,36-20-9-3-10-21-36)37-22-11-4-12-23-37/h1-31H. The van der Waals surface area contributed by atoms with Crippen LogP contribution in [-0.4, -0.2) is 24.5 Å². The highest BCUT2D eigenvalue weighted by Gasteiger charge is 2.49. The first-order valence-electron chi connectivity index (χ1n) is 17.5. The second kappa shape index (κ2) is 12.1. The van der Waals surface area contributed by atoms with Crippen LogP contribution in [0.3, 0.4) is 0 Å². The molecule has 0 radical (unpaired) electrons. The number of nitrogens with zero attached hydrogens (tertiary/aromatic N) is 5. The van der Waals surface area contributed by atoms with Gasteiger partial charge in [0.15, 0.2) is 17.5 Å². The van der Waals surface area contributed by atoms with Gasteiger partial charge in [0.2, 0.25) is 0 Å². The summed E-state index contributed by atoms with van der Waals surface area (Å²) in [5.41, 5.74) is 11.2. The molecular formula is C47H31N5. The van der Waals surface area contributed by atoms with Crippen molar-refractivity contribution in [2.75, 3.05) is 0 Å². The van der Waals surface area contributed by atoms with Crippen LogP contribution in [0.4, 0.5) is 0 Å². The van der Waals surface area contributed by atoms with Crippen molar-refractivity contribution in [1.29, 1.82) is 0 Å². The molecule has 0 bridgehead atoms. The van der Waals surface area contributed by atoms with Gasteiger partial charge in [-0.15, -0.1) is 0 Å². The molecule has 0 unspecified atom stereocenters. The Bertz CT molecular complexity index is 2610. The molecule has 10 rings (SSSR count). The van der Waals surface area contributed by atoms with E-state index in [9.17, 15) is 0 Å². The molecule has 0 saturated heterocycles. The third kappa shape index (κ3) is 4.63. The van der Waals surface area contributed by atoms with Gasteiger partial charge in [0.1, 0.15) is 11.2 Å². The number of hydrogen-bond acceptors (Lipinski definition) is 4. The molecular weight excluding hydrogens is 635 g/mol. The third-order valence-corrected chi connectivity index (χ3v) is 10.1. The monoisotopic (exact) mass is 665 g/mol. The molecule has 0 N–H and O–H groups in total. The fourth-order valence-electron chi connectivity index (χ4n) is 7.79. The van der Waals surface area contributed by atoms with Crippen molar-refractivity contribution in [3.05, 3.63) is 211 Å². The lowest BCUT2D eigenvalue weighted by atomic mass is 9.69. The van der Waals surface area contributed by atoms with Crippen LogP contribution in [0.5, 0.6) is 0 Å². The van der Waals surface area contributed by atoms with Crippen molar-refractivity contribution >= 4 is 11.0 Å². The van der Waals surface area contributed by atoms with Crippen molar-refractivity contribution in [3.63, 3.8) is 0 Å². The zero-order valence-corrected chi connectivity index (χ0v) is 28.1. The Balaban J connectivity index is 1.17. The summed E-state index contributed by atoms with van der Waals surface area (Å²) in [4.78, 5) is 20.2. The van der Waals surface area contributed by atoms with Crippen LogP contribution in [0, 0.1) is 0 Å². The first-order valence-corrected chi connectivity index (χ1v) is 17.5. The van der Waals surface area contributed by atoms with Gasteiger partial charge in [0.25, 0.3) is 0 Å². The van der Waals surface area contributed by atoms with E-state index in [0.717, 1.165) is 50.4 Å². The summed E-state index contributed by atoms with van der Waals surface area (Å²) in [5, 5.41) is 0. The van der Waals surface area contributed by atoms with Crippen molar-refractivity contribution in [3.8, 4) is 51.0 Å². The second-order valence-electron chi connectivity index (χ2n) is 13.1. The fourth-order valence-corrected chi connectivity index (χ4v) is 7.79. The Hall–Kier alpha value is -6.98. The molecule has 5 heteroatoms. The Morgan fingerprint density at radius 1 is 0.365 bits per heavy atom.